The number of fused-ring (bicyclic) bond motifs is 1. The van der Waals surface area contributed by atoms with E-state index in [1.54, 1.807) is 11.3 Å². The highest BCUT2D eigenvalue weighted by Crippen LogP contribution is 2.22. The van der Waals surface area contributed by atoms with E-state index in [1.807, 2.05) is 17.7 Å². The van der Waals surface area contributed by atoms with Gasteiger partial charge in [0.1, 0.15) is 0 Å². The molecule has 0 bridgehead atoms. The molecule has 16 heavy (non-hydrogen) atoms. The van der Waals surface area contributed by atoms with Crippen LogP contribution in [0.5, 0.6) is 0 Å². The predicted molar refractivity (Wildman–Crippen MR) is 64.7 cm³/mol. The van der Waals surface area contributed by atoms with Gasteiger partial charge in [0.05, 0.1) is 11.8 Å². The third-order valence-electron chi connectivity index (χ3n) is 2.98. The van der Waals surface area contributed by atoms with Gasteiger partial charge in [0.15, 0.2) is 4.96 Å². The van der Waals surface area contributed by atoms with Gasteiger partial charge in [-0.25, -0.2) is 4.98 Å². The number of rotatable bonds is 2. The van der Waals surface area contributed by atoms with Gasteiger partial charge >= 0.3 is 0 Å². The lowest BCUT2D eigenvalue weighted by Crippen LogP contribution is -2.10. The number of thiazole rings is 1. The van der Waals surface area contributed by atoms with Crippen LogP contribution >= 0.6 is 11.3 Å². The summed E-state index contributed by atoms with van der Waals surface area (Å²) in [5, 5.41) is 11.6. The highest BCUT2D eigenvalue weighted by atomic mass is 32.1. The van der Waals surface area contributed by atoms with E-state index < -0.39 is 0 Å². The van der Waals surface area contributed by atoms with Crippen LogP contribution in [0, 0.1) is 0 Å². The Kier molecular flexibility index (Phi) is 2.53. The molecule has 1 aliphatic rings. The molecule has 84 valence electrons. The lowest BCUT2D eigenvalue weighted by Gasteiger charge is -2.15. The molecule has 1 N–H and O–H groups in total. The lowest BCUT2D eigenvalue weighted by atomic mass is 9.94. The van der Waals surface area contributed by atoms with Crippen LogP contribution in [0.1, 0.15) is 25.0 Å². The minimum absolute atomic E-state index is 0.243. The van der Waals surface area contributed by atoms with Gasteiger partial charge in [0.25, 0.3) is 0 Å². The summed E-state index contributed by atoms with van der Waals surface area (Å²) in [6.45, 7) is 0. The van der Waals surface area contributed by atoms with Crippen LogP contribution in [0.4, 0.5) is 0 Å². The molecule has 0 amide bonds. The van der Waals surface area contributed by atoms with Gasteiger partial charge in [0.2, 0.25) is 0 Å². The molecular formula is C12H14N2OS. The first-order chi connectivity index (χ1) is 7.81. The number of aliphatic hydroxyl groups excluding tert-OH is 1. The fraction of sp³-hybridized carbons (Fsp3) is 0.417. The van der Waals surface area contributed by atoms with Crippen molar-refractivity contribution in [3.8, 4) is 0 Å². The molecule has 0 fully saturated rings. The van der Waals surface area contributed by atoms with Crippen molar-refractivity contribution in [3.05, 3.63) is 35.1 Å². The number of aliphatic hydroxyl groups is 1. The Morgan fingerprint density at radius 2 is 2.50 bits per heavy atom. The van der Waals surface area contributed by atoms with Gasteiger partial charge in [-0.3, -0.25) is 4.40 Å². The van der Waals surface area contributed by atoms with Gasteiger partial charge in [-0.05, 0) is 19.3 Å². The molecule has 0 aromatic carbocycles. The van der Waals surface area contributed by atoms with Gasteiger partial charge in [0, 0.05) is 24.2 Å². The highest BCUT2D eigenvalue weighted by Gasteiger charge is 2.12. The van der Waals surface area contributed by atoms with Crippen LogP contribution in [0.2, 0.25) is 0 Å². The molecule has 3 rings (SSSR count). The van der Waals surface area contributed by atoms with Crippen LogP contribution in [0.3, 0.4) is 0 Å². The first-order valence-corrected chi connectivity index (χ1v) is 6.48. The van der Waals surface area contributed by atoms with Crippen molar-refractivity contribution in [1.29, 1.82) is 0 Å². The highest BCUT2D eigenvalue weighted by molar-refractivity contribution is 7.15. The molecule has 2 heterocycles. The van der Waals surface area contributed by atoms with Crippen molar-refractivity contribution in [2.24, 2.45) is 0 Å². The van der Waals surface area contributed by atoms with E-state index in [9.17, 15) is 5.11 Å². The topological polar surface area (TPSA) is 37.5 Å². The number of hydrogen-bond donors (Lipinski definition) is 1. The molecule has 3 nitrogen and oxygen atoms in total. The minimum atomic E-state index is -0.243. The summed E-state index contributed by atoms with van der Waals surface area (Å²) >= 11 is 1.65. The third-order valence-corrected chi connectivity index (χ3v) is 3.75. The van der Waals surface area contributed by atoms with Crippen LogP contribution < -0.4 is 0 Å². The normalized spacial score (nSPS) is 21.3. The van der Waals surface area contributed by atoms with Crippen molar-refractivity contribution in [2.75, 3.05) is 0 Å². The van der Waals surface area contributed by atoms with Crippen molar-refractivity contribution in [1.82, 2.24) is 9.38 Å². The molecule has 0 aliphatic heterocycles. The van der Waals surface area contributed by atoms with E-state index >= 15 is 0 Å². The van der Waals surface area contributed by atoms with Crippen molar-refractivity contribution >= 4 is 16.3 Å². The zero-order valence-corrected chi connectivity index (χ0v) is 9.78. The maximum absolute atomic E-state index is 9.56. The first kappa shape index (κ1) is 10.1. The van der Waals surface area contributed by atoms with Gasteiger partial charge < -0.3 is 5.11 Å². The Balaban J connectivity index is 1.81. The SMILES string of the molecule is OC1C=C(Cc2cn3ccsc3n2)CCC1. The van der Waals surface area contributed by atoms with Crippen LogP contribution in [0.15, 0.2) is 29.4 Å². The molecule has 0 spiro atoms. The molecule has 0 saturated heterocycles. The van der Waals surface area contributed by atoms with E-state index in [-0.39, 0.29) is 6.10 Å². The summed E-state index contributed by atoms with van der Waals surface area (Å²) < 4.78 is 2.06. The summed E-state index contributed by atoms with van der Waals surface area (Å²) in [5.41, 5.74) is 2.43. The Bertz CT molecular complexity index is 497. The maximum Gasteiger partial charge on any atom is 0.193 e. The molecule has 4 heteroatoms. The zero-order chi connectivity index (χ0) is 11.0. The van der Waals surface area contributed by atoms with Gasteiger partial charge in [-0.2, -0.15) is 0 Å². The number of nitrogens with zero attached hydrogens (tertiary/aromatic N) is 2. The smallest absolute Gasteiger partial charge is 0.193 e. The second-order valence-electron chi connectivity index (χ2n) is 4.29. The summed E-state index contributed by atoms with van der Waals surface area (Å²) in [7, 11) is 0. The summed E-state index contributed by atoms with van der Waals surface area (Å²) in [4.78, 5) is 5.60. The van der Waals surface area contributed by atoms with Crippen LogP contribution in [-0.4, -0.2) is 20.6 Å². The second kappa shape index (κ2) is 4.03. The van der Waals surface area contributed by atoms with Crippen molar-refractivity contribution in [2.45, 2.75) is 31.8 Å². The van der Waals surface area contributed by atoms with E-state index in [4.69, 9.17) is 0 Å². The summed E-state index contributed by atoms with van der Waals surface area (Å²) in [5.74, 6) is 0. The maximum atomic E-state index is 9.56. The van der Waals surface area contributed by atoms with Gasteiger partial charge in [-0.1, -0.05) is 11.6 Å². The van der Waals surface area contributed by atoms with E-state index in [2.05, 4.69) is 15.6 Å². The zero-order valence-electron chi connectivity index (χ0n) is 8.97. The first-order valence-electron chi connectivity index (χ1n) is 5.60. The van der Waals surface area contributed by atoms with E-state index in [1.165, 1.54) is 5.57 Å². The monoisotopic (exact) mass is 234 g/mol. The lowest BCUT2D eigenvalue weighted by molar-refractivity contribution is 0.202. The Morgan fingerprint density at radius 3 is 3.31 bits per heavy atom. The molecular weight excluding hydrogens is 220 g/mol. The number of aromatic nitrogens is 2. The quantitative estimate of drug-likeness (QED) is 0.810. The van der Waals surface area contributed by atoms with Crippen LogP contribution in [0.25, 0.3) is 4.96 Å². The average molecular weight is 234 g/mol. The average Bonchev–Trinajstić information content (AvgIpc) is 2.77. The second-order valence-corrected chi connectivity index (χ2v) is 5.16. The molecule has 1 aliphatic carbocycles. The number of allylic oxidation sites excluding steroid dienone is 1. The predicted octanol–water partition coefficient (Wildman–Crippen LogP) is 2.41. The van der Waals surface area contributed by atoms with Crippen molar-refractivity contribution in [3.63, 3.8) is 0 Å². The molecule has 2 aromatic rings. The molecule has 0 radical (unpaired) electrons. The molecule has 0 saturated carbocycles. The fourth-order valence-electron chi connectivity index (χ4n) is 2.22. The standard InChI is InChI=1S/C12H14N2OS/c15-11-3-1-2-9(7-11)6-10-8-14-4-5-16-12(14)13-10/h4-5,7-8,11,15H,1-3,6H2. The fourth-order valence-corrected chi connectivity index (χ4v) is 2.94. The van der Waals surface area contributed by atoms with E-state index in [0.29, 0.717) is 0 Å². The number of imidazole rings is 1. The Hall–Kier alpha value is -1.13. The molecule has 2 aromatic heterocycles. The molecule has 1 unspecified atom stereocenters. The largest absolute Gasteiger partial charge is 0.389 e. The Morgan fingerprint density at radius 1 is 1.56 bits per heavy atom. The Labute approximate surface area is 98.1 Å². The van der Waals surface area contributed by atoms with Crippen molar-refractivity contribution < 1.29 is 5.11 Å². The van der Waals surface area contributed by atoms with Gasteiger partial charge in [-0.15, -0.1) is 11.3 Å². The number of hydrogen-bond acceptors (Lipinski definition) is 3. The minimum Gasteiger partial charge on any atom is -0.389 e. The third kappa shape index (κ3) is 1.90. The summed E-state index contributed by atoms with van der Waals surface area (Å²) in [6.07, 6.45) is 9.84. The van der Waals surface area contributed by atoms with E-state index in [0.717, 1.165) is 36.3 Å². The molecule has 1 atom stereocenters. The summed E-state index contributed by atoms with van der Waals surface area (Å²) in [6, 6.07) is 0. The van der Waals surface area contributed by atoms with Crippen LogP contribution in [-0.2, 0) is 6.42 Å².